The van der Waals surface area contributed by atoms with E-state index in [-0.39, 0.29) is 5.82 Å². The minimum Gasteiger partial charge on any atom is -0.439 e. The molecule has 0 spiro atoms. The van der Waals surface area contributed by atoms with Crippen LogP contribution in [-0.4, -0.2) is 25.7 Å². The number of benzene rings is 2. The van der Waals surface area contributed by atoms with Gasteiger partial charge >= 0.3 is 0 Å². The quantitative estimate of drug-likeness (QED) is 0.553. The molecule has 0 fully saturated rings. The first kappa shape index (κ1) is 18.4. The molecule has 2 aromatic heterocycles. The largest absolute Gasteiger partial charge is 0.439 e. The van der Waals surface area contributed by atoms with Crippen LogP contribution in [0.15, 0.2) is 72.9 Å². The van der Waals surface area contributed by atoms with Gasteiger partial charge in [-0.15, -0.1) is 5.10 Å². The van der Waals surface area contributed by atoms with Gasteiger partial charge in [0.15, 0.2) is 0 Å². The fraction of sp³-hybridized carbons (Fsp3) is 0.0909. The molecule has 7 heteroatoms. The second-order valence-electron chi connectivity index (χ2n) is 6.48. The Balaban J connectivity index is 1.44. The van der Waals surface area contributed by atoms with Crippen molar-refractivity contribution in [1.82, 2.24) is 19.7 Å². The van der Waals surface area contributed by atoms with Crippen LogP contribution in [0.1, 0.15) is 22.0 Å². The molecular formula is C22H19N5O2. The molecule has 2 aromatic carbocycles. The maximum atomic E-state index is 12.5. The van der Waals surface area contributed by atoms with Crippen LogP contribution in [0.25, 0.3) is 5.69 Å². The summed E-state index contributed by atoms with van der Waals surface area (Å²) in [5, 5.41) is 7.06. The molecule has 0 aliphatic carbocycles. The molecule has 0 bridgehead atoms. The zero-order chi connectivity index (χ0) is 20.2. The number of carbonyl (C=O) groups is 1. The molecule has 0 atom stereocenters. The van der Waals surface area contributed by atoms with Gasteiger partial charge in [-0.05, 0) is 44.2 Å². The molecule has 2 heterocycles. The highest BCUT2D eigenvalue weighted by atomic mass is 16.5. The average molecular weight is 385 g/mol. The van der Waals surface area contributed by atoms with Gasteiger partial charge in [-0.3, -0.25) is 4.79 Å². The van der Waals surface area contributed by atoms with Crippen molar-refractivity contribution in [2.45, 2.75) is 13.8 Å². The van der Waals surface area contributed by atoms with E-state index in [1.807, 2.05) is 61.5 Å². The summed E-state index contributed by atoms with van der Waals surface area (Å²) in [7, 11) is 0. The summed E-state index contributed by atoms with van der Waals surface area (Å²) in [6, 6.07) is 20.6. The van der Waals surface area contributed by atoms with E-state index in [2.05, 4.69) is 20.4 Å². The van der Waals surface area contributed by atoms with Crippen LogP contribution >= 0.6 is 0 Å². The summed E-state index contributed by atoms with van der Waals surface area (Å²) < 4.78 is 7.32. The first-order chi connectivity index (χ1) is 14.1. The lowest BCUT2D eigenvalue weighted by Crippen LogP contribution is -2.14. The van der Waals surface area contributed by atoms with Gasteiger partial charge in [0.2, 0.25) is 11.7 Å². The van der Waals surface area contributed by atoms with Crippen molar-refractivity contribution in [3.8, 4) is 17.3 Å². The van der Waals surface area contributed by atoms with E-state index in [4.69, 9.17) is 4.74 Å². The molecule has 0 aliphatic heterocycles. The number of amides is 1. The Bertz CT molecular complexity index is 1120. The van der Waals surface area contributed by atoms with Crippen molar-refractivity contribution in [3.63, 3.8) is 0 Å². The molecule has 144 valence electrons. The van der Waals surface area contributed by atoms with Gasteiger partial charge in [0.1, 0.15) is 11.6 Å². The van der Waals surface area contributed by atoms with Crippen molar-refractivity contribution in [3.05, 3.63) is 90.1 Å². The standard InChI is InChI=1S/C22H19N5O2/c1-15-8-11-19(12-9-15)29-20-13-10-17(14-23-20)25-22(28)21-24-16(2)27(26-21)18-6-4-3-5-7-18/h3-14H,1-2H3,(H,25,28). The van der Waals surface area contributed by atoms with Gasteiger partial charge in [-0.25, -0.2) is 14.6 Å². The molecule has 0 radical (unpaired) electrons. The van der Waals surface area contributed by atoms with Crippen molar-refractivity contribution in [2.75, 3.05) is 5.32 Å². The maximum absolute atomic E-state index is 12.5. The van der Waals surface area contributed by atoms with E-state index in [0.717, 1.165) is 11.3 Å². The van der Waals surface area contributed by atoms with Crippen LogP contribution in [0.3, 0.4) is 0 Å². The molecular weight excluding hydrogens is 366 g/mol. The lowest BCUT2D eigenvalue weighted by Gasteiger charge is -2.06. The number of nitrogens with zero attached hydrogens (tertiary/aromatic N) is 4. The fourth-order valence-electron chi connectivity index (χ4n) is 2.73. The average Bonchev–Trinajstić information content (AvgIpc) is 3.14. The highest BCUT2D eigenvalue weighted by Gasteiger charge is 2.15. The first-order valence-electron chi connectivity index (χ1n) is 9.09. The molecule has 4 rings (SSSR count). The van der Waals surface area contributed by atoms with Crippen LogP contribution in [-0.2, 0) is 0 Å². The molecule has 7 nitrogen and oxygen atoms in total. The minimum absolute atomic E-state index is 0.0892. The Morgan fingerprint density at radius 1 is 0.966 bits per heavy atom. The number of ether oxygens (including phenoxy) is 1. The van der Waals surface area contributed by atoms with E-state index in [1.54, 1.807) is 23.7 Å². The van der Waals surface area contributed by atoms with Crippen molar-refractivity contribution in [2.24, 2.45) is 0 Å². The van der Waals surface area contributed by atoms with Gasteiger partial charge in [-0.1, -0.05) is 35.9 Å². The van der Waals surface area contributed by atoms with Crippen LogP contribution in [0, 0.1) is 13.8 Å². The zero-order valence-electron chi connectivity index (χ0n) is 16.0. The summed E-state index contributed by atoms with van der Waals surface area (Å²) in [5.41, 5.74) is 2.53. The maximum Gasteiger partial charge on any atom is 0.295 e. The molecule has 0 unspecified atom stereocenters. The van der Waals surface area contributed by atoms with Crippen molar-refractivity contribution in [1.29, 1.82) is 0 Å². The summed E-state index contributed by atoms with van der Waals surface area (Å²) in [6.07, 6.45) is 1.53. The second kappa shape index (κ2) is 7.93. The molecule has 0 saturated carbocycles. The molecule has 0 saturated heterocycles. The Morgan fingerprint density at radius 2 is 1.72 bits per heavy atom. The summed E-state index contributed by atoms with van der Waals surface area (Å²) in [5.74, 6) is 1.45. The van der Waals surface area contributed by atoms with E-state index in [9.17, 15) is 4.79 Å². The fourth-order valence-corrected chi connectivity index (χ4v) is 2.73. The smallest absolute Gasteiger partial charge is 0.295 e. The normalized spacial score (nSPS) is 10.6. The van der Waals surface area contributed by atoms with Crippen LogP contribution in [0.5, 0.6) is 11.6 Å². The summed E-state index contributed by atoms with van der Waals surface area (Å²) in [6.45, 7) is 3.81. The highest BCUT2D eigenvalue weighted by molar-refractivity contribution is 6.01. The Kier molecular flexibility index (Phi) is 5.03. The number of aromatic nitrogens is 4. The topological polar surface area (TPSA) is 81.9 Å². The zero-order valence-corrected chi connectivity index (χ0v) is 16.0. The first-order valence-corrected chi connectivity index (χ1v) is 9.09. The number of hydrogen-bond donors (Lipinski definition) is 1. The molecule has 1 amide bonds. The van der Waals surface area contributed by atoms with E-state index in [0.29, 0.717) is 23.1 Å². The lowest BCUT2D eigenvalue weighted by atomic mass is 10.2. The number of rotatable bonds is 5. The van der Waals surface area contributed by atoms with E-state index < -0.39 is 5.91 Å². The monoisotopic (exact) mass is 385 g/mol. The third kappa shape index (κ3) is 4.30. The number of nitrogens with one attached hydrogen (secondary N) is 1. The number of para-hydroxylation sites is 1. The lowest BCUT2D eigenvalue weighted by molar-refractivity contribution is 0.101. The number of anilines is 1. The minimum atomic E-state index is -0.406. The van der Waals surface area contributed by atoms with E-state index in [1.165, 1.54) is 6.20 Å². The van der Waals surface area contributed by atoms with Gasteiger partial charge in [0.05, 0.1) is 17.6 Å². The third-order valence-corrected chi connectivity index (χ3v) is 4.21. The molecule has 29 heavy (non-hydrogen) atoms. The van der Waals surface area contributed by atoms with Crippen LogP contribution in [0.4, 0.5) is 5.69 Å². The van der Waals surface area contributed by atoms with Crippen molar-refractivity contribution < 1.29 is 9.53 Å². The second-order valence-corrected chi connectivity index (χ2v) is 6.48. The van der Waals surface area contributed by atoms with Gasteiger partial charge in [-0.2, -0.15) is 0 Å². The van der Waals surface area contributed by atoms with Crippen molar-refractivity contribution >= 4 is 11.6 Å². The molecule has 1 N–H and O–H groups in total. The predicted octanol–water partition coefficient (Wildman–Crippen LogP) is 4.32. The predicted molar refractivity (Wildman–Crippen MR) is 110 cm³/mol. The summed E-state index contributed by atoms with van der Waals surface area (Å²) >= 11 is 0. The van der Waals surface area contributed by atoms with Gasteiger partial charge < -0.3 is 10.1 Å². The SMILES string of the molecule is Cc1ccc(Oc2ccc(NC(=O)c3nc(C)n(-c4ccccc4)n3)cn2)cc1. The Morgan fingerprint density at radius 3 is 2.41 bits per heavy atom. The highest BCUT2D eigenvalue weighted by Crippen LogP contribution is 2.21. The Hall–Kier alpha value is -4.00. The van der Waals surface area contributed by atoms with Crippen LogP contribution < -0.4 is 10.1 Å². The number of pyridine rings is 1. The number of carbonyl (C=O) groups excluding carboxylic acids is 1. The van der Waals surface area contributed by atoms with Crippen LogP contribution in [0.2, 0.25) is 0 Å². The van der Waals surface area contributed by atoms with E-state index >= 15 is 0 Å². The number of hydrogen-bond acceptors (Lipinski definition) is 5. The Labute approximate surface area is 168 Å². The summed E-state index contributed by atoms with van der Waals surface area (Å²) in [4.78, 5) is 21.0. The molecule has 0 aliphatic rings. The van der Waals surface area contributed by atoms with Gasteiger partial charge in [0, 0.05) is 6.07 Å². The molecule has 4 aromatic rings. The number of aryl methyl sites for hydroxylation is 2. The van der Waals surface area contributed by atoms with Gasteiger partial charge in [0.25, 0.3) is 5.91 Å². The third-order valence-electron chi connectivity index (χ3n) is 4.21.